The highest BCUT2D eigenvalue weighted by molar-refractivity contribution is 7.90. The first-order valence-corrected chi connectivity index (χ1v) is 8.12. The van der Waals surface area contributed by atoms with Gasteiger partial charge in [-0.2, -0.15) is 0 Å². The lowest BCUT2D eigenvalue weighted by molar-refractivity contribution is 0.0528. The van der Waals surface area contributed by atoms with Crippen LogP contribution in [0.2, 0.25) is 0 Å². The maximum Gasteiger partial charge on any atom is 0.338 e. The van der Waals surface area contributed by atoms with Crippen molar-refractivity contribution >= 4 is 26.7 Å². The molecule has 2 aromatic rings. The standard InChI is InChI=1S/C14H15NO5S/c1-4-20-14(16)10-8-12(21(3,17)18)15-13-9(10)6-5-7-11(13)19-2/h5-8H,4H2,1-3H3. The van der Waals surface area contributed by atoms with Crippen molar-refractivity contribution in [3.8, 4) is 5.75 Å². The Balaban J connectivity index is 2.85. The van der Waals surface area contributed by atoms with Gasteiger partial charge in [0, 0.05) is 11.6 Å². The molecular weight excluding hydrogens is 294 g/mol. The van der Waals surface area contributed by atoms with Gasteiger partial charge in [0.2, 0.25) is 0 Å². The van der Waals surface area contributed by atoms with Crippen LogP contribution in [0.15, 0.2) is 29.3 Å². The smallest absolute Gasteiger partial charge is 0.338 e. The van der Waals surface area contributed by atoms with Crippen LogP contribution < -0.4 is 4.74 Å². The average molecular weight is 309 g/mol. The summed E-state index contributed by atoms with van der Waals surface area (Å²) in [6.45, 7) is 1.88. The summed E-state index contributed by atoms with van der Waals surface area (Å²) in [6.07, 6.45) is 1.03. The molecule has 2 rings (SSSR count). The number of benzene rings is 1. The van der Waals surface area contributed by atoms with E-state index in [1.807, 2.05) is 0 Å². The van der Waals surface area contributed by atoms with E-state index < -0.39 is 15.8 Å². The van der Waals surface area contributed by atoms with Gasteiger partial charge < -0.3 is 9.47 Å². The number of aromatic nitrogens is 1. The number of methoxy groups -OCH3 is 1. The molecule has 0 aliphatic rings. The molecule has 1 aromatic heterocycles. The third-order valence-electron chi connectivity index (χ3n) is 2.87. The molecule has 1 heterocycles. The highest BCUT2D eigenvalue weighted by atomic mass is 32.2. The minimum Gasteiger partial charge on any atom is -0.494 e. The van der Waals surface area contributed by atoms with Gasteiger partial charge in [0.15, 0.2) is 14.9 Å². The molecule has 0 bridgehead atoms. The summed E-state index contributed by atoms with van der Waals surface area (Å²) in [5.74, 6) is -0.202. The van der Waals surface area contributed by atoms with Crippen molar-refractivity contribution < 1.29 is 22.7 Å². The van der Waals surface area contributed by atoms with Gasteiger partial charge in [0.1, 0.15) is 11.3 Å². The molecule has 0 spiro atoms. The third kappa shape index (κ3) is 2.97. The monoisotopic (exact) mass is 309 g/mol. The van der Waals surface area contributed by atoms with E-state index in [4.69, 9.17) is 9.47 Å². The summed E-state index contributed by atoms with van der Waals surface area (Å²) in [5.41, 5.74) is 0.465. The fraction of sp³-hybridized carbons (Fsp3) is 0.286. The maximum absolute atomic E-state index is 12.1. The molecule has 0 N–H and O–H groups in total. The SMILES string of the molecule is CCOC(=O)c1cc(S(C)(=O)=O)nc2c(OC)cccc12. The molecule has 0 saturated carbocycles. The van der Waals surface area contributed by atoms with E-state index in [-0.39, 0.29) is 17.2 Å². The molecule has 0 saturated heterocycles. The van der Waals surface area contributed by atoms with Crippen molar-refractivity contribution in [3.63, 3.8) is 0 Å². The number of ether oxygens (including phenoxy) is 2. The first-order chi connectivity index (χ1) is 9.88. The number of fused-ring (bicyclic) bond motifs is 1. The Labute approximate surface area is 122 Å². The van der Waals surface area contributed by atoms with Crippen molar-refractivity contribution in [1.82, 2.24) is 4.98 Å². The quantitative estimate of drug-likeness (QED) is 0.801. The maximum atomic E-state index is 12.1. The van der Waals surface area contributed by atoms with E-state index in [2.05, 4.69) is 4.98 Å². The Morgan fingerprint density at radius 3 is 2.62 bits per heavy atom. The van der Waals surface area contributed by atoms with Gasteiger partial charge in [0.05, 0.1) is 19.3 Å². The highest BCUT2D eigenvalue weighted by Gasteiger charge is 2.20. The van der Waals surface area contributed by atoms with Gasteiger partial charge in [-0.25, -0.2) is 18.2 Å². The molecule has 7 heteroatoms. The molecule has 0 atom stereocenters. The molecule has 0 fully saturated rings. The zero-order chi connectivity index (χ0) is 15.6. The van der Waals surface area contributed by atoms with Crippen LogP contribution in [0.4, 0.5) is 0 Å². The number of carbonyl (C=O) groups is 1. The van der Waals surface area contributed by atoms with Crippen LogP contribution in [0, 0.1) is 0 Å². The van der Waals surface area contributed by atoms with Gasteiger partial charge in [-0.15, -0.1) is 0 Å². The fourth-order valence-electron chi connectivity index (χ4n) is 1.93. The van der Waals surface area contributed by atoms with Crippen LogP contribution in [0.3, 0.4) is 0 Å². The van der Waals surface area contributed by atoms with E-state index in [1.165, 1.54) is 13.2 Å². The number of carbonyl (C=O) groups excluding carboxylic acids is 1. The van der Waals surface area contributed by atoms with Crippen LogP contribution in [0.1, 0.15) is 17.3 Å². The van der Waals surface area contributed by atoms with Crippen molar-refractivity contribution in [2.24, 2.45) is 0 Å². The molecule has 0 radical (unpaired) electrons. The summed E-state index contributed by atoms with van der Waals surface area (Å²) in [6, 6.07) is 6.25. The summed E-state index contributed by atoms with van der Waals surface area (Å²) in [5, 5.41) is 0.294. The van der Waals surface area contributed by atoms with Crippen LogP contribution in [0.25, 0.3) is 10.9 Å². The molecule has 0 unspecified atom stereocenters. The van der Waals surface area contributed by atoms with E-state index in [9.17, 15) is 13.2 Å². The minimum atomic E-state index is -3.56. The number of rotatable bonds is 4. The predicted molar refractivity (Wildman–Crippen MR) is 77.4 cm³/mol. The summed E-state index contributed by atoms with van der Waals surface area (Å²) >= 11 is 0. The molecule has 1 aromatic carbocycles. The lowest BCUT2D eigenvalue weighted by Crippen LogP contribution is -2.09. The third-order valence-corrected chi connectivity index (χ3v) is 3.84. The van der Waals surface area contributed by atoms with Gasteiger partial charge in [-0.05, 0) is 19.1 Å². The first-order valence-electron chi connectivity index (χ1n) is 6.23. The van der Waals surface area contributed by atoms with Gasteiger partial charge in [0.25, 0.3) is 0 Å². The number of sulfone groups is 1. The zero-order valence-electron chi connectivity index (χ0n) is 11.9. The van der Waals surface area contributed by atoms with E-state index in [1.54, 1.807) is 25.1 Å². The van der Waals surface area contributed by atoms with Crippen molar-refractivity contribution in [3.05, 3.63) is 29.8 Å². The molecule has 21 heavy (non-hydrogen) atoms. The van der Waals surface area contributed by atoms with Gasteiger partial charge in [-0.1, -0.05) is 12.1 Å². The summed E-state index contributed by atoms with van der Waals surface area (Å²) < 4.78 is 33.7. The molecule has 0 aliphatic heterocycles. The normalized spacial score (nSPS) is 11.4. The number of esters is 1. The molecular formula is C14H15NO5S. The van der Waals surface area contributed by atoms with Crippen molar-refractivity contribution in [2.75, 3.05) is 20.0 Å². The predicted octanol–water partition coefficient (Wildman–Crippen LogP) is 1.82. The number of hydrogen-bond acceptors (Lipinski definition) is 6. The lowest BCUT2D eigenvalue weighted by Gasteiger charge is -2.10. The Bertz CT molecular complexity index is 798. The molecule has 6 nitrogen and oxygen atoms in total. The van der Waals surface area contributed by atoms with Crippen LogP contribution in [-0.2, 0) is 14.6 Å². The second-order valence-electron chi connectivity index (χ2n) is 4.36. The number of nitrogens with zero attached hydrogens (tertiary/aromatic N) is 1. The van der Waals surface area contributed by atoms with Crippen molar-refractivity contribution in [2.45, 2.75) is 11.9 Å². The van der Waals surface area contributed by atoms with Crippen LogP contribution >= 0.6 is 0 Å². The topological polar surface area (TPSA) is 82.6 Å². The second-order valence-corrected chi connectivity index (χ2v) is 6.32. The molecule has 112 valence electrons. The largest absolute Gasteiger partial charge is 0.494 e. The average Bonchev–Trinajstić information content (AvgIpc) is 2.44. The Morgan fingerprint density at radius 1 is 1.33 bits per heavy atom. The zero-order valence-corrected chi connectivity index (χ0v) is 12.7. The number of para-hydroxylation sites is 1. The van der Waals surface area contributed by atoms with Crippen LogP contribution in [0.5, 0.6) is 5.75 Å². The summed E-state index contributed by atoms with van der Waals surface area (Å²) in [7, 11) is -2.11. The van der Waals surface area contributed by atoms with Crippen molar-refractivity contribution in [1.29, 1.82) is 0 Å². The van der Waals surface area contributed by atoms with Gasteiger partial charge >= 0.3 is 5.97 Å². The fourth-order valence-corrected chi connectivity index (χ4v) is 2.52. The highest BCUT2D eigenvalue weighted by Crippen LogP contribution is 2.28. The van der Waals surface area contributed by atoms with E-state index >= 15 is 0 Å². The number of hydrogen-bond donors (Lipinski definition) is 0. The Hall–Kier alpha value is -2.15. The second kappa shape index (κ2) is 5.69. The molecule has 0 aliphatic carbocycles. The minimum absolute atomic E-state index is 0.154. The first kappa shape index (κ1) is 15.2. The Morgan fingerprint density at radius 2 is 2.05 bits per heavy atom. The Kier molecular flexibility index (Phi) is 4.13. The van der Waals surface area contributed by atoms with Gasteiger partial charge in [-0.3, -0.25) is 0 Å². The number of pyridine rings is 1. The lowest BCUT2D eigenvalue weighted by atomic mass is 10.1. The summed E-state index contributed by atoms with van der Waals surface area (Å²) in [4.78, 5) is 16.2. The van der Waals surface area contributed by atoms with E-state index in [0.29, 0.717) is 16.7 Å². The van der Waals surface area contributed by atoms with E-state index in [0.717, 1.165) is 6.26 Å². The molecule has 0 amide bonds. The van der Waals surface area contributed by atoms with Crippen LogP contribution in [-0.4, -0.2) is 39.3 Å².